The van der Waals surface area contributed by atoms with Crippen molar-refractivity contribution in [1.29, 1.82) is 0 Å². The van der Waals surface area contributed by atoms with Gasteiger partial charge in [-0.1, -0.05) is 0 Å². The van der Waals surface area contributed by atoms with E-state index in [1.165, 1.54) is 4.31 Å². The van der Waals surface area contributed by atoms with Crippen LogP contribution in [0.3, 0.4) is 0 Å². The van der Waals surface area contributed by atoms with Gasteiger partial charge in [-0.3, -0.25) is 4.55 Å². The predicted octanol–water partition coefficient (Wildman–Crippen LogP) is 1.22. The Hall–Kier alpha value is -2.16. The molecule has 2 atom stereocenters. The van der Waals surface area contributed by atoms with E-state index in [9.17, 15) is 21.9 Å². The van der Waals surface area contributed by atoms with Crippen LogP contribution in [0.5, 0.6) is 0 Å². The summed E-state index contributed by atoms with van der Waals surface area (Å²) < 4.78 is 67.4. The number of ether oxygens (including phenoxy) is 1. The second kappa shape index (κ2) is 8.53. The number of hydrogen-bond acceptors (Lipinski definition) is 7. The van der Waals surface area contributed by atoms with Gasteiger partial charge in [0.15, 0.2) is 5.82 Å². The predicted molar refractivity (Wildman–Crippen MR) is 98.3 cm³/mol. The normalized spacial score (nSPS) is 21.1. The highest BCUT2D eigenvalue weighted by atomic mass is 32.2. The van der Waals surface area contributed by atoms with E-state index in [1.54, 1.807) is 9.58 Å². The SMILES string of the molecule is O=S(O)N1CCC[C@H]1COCc1nc2n(n1)CCN(c1ncc(C(F)(F)F)cn1)C2. The number of anilines is 1. The molecule has 14 heteroatoms. The third-order valence-corrected chi connectivity index (χ3v) is 5.90. The number of nitrogens with zero attached hydrogens (tertiary/aromatic N) is 7. The molecule has 30 heavy (non-hydrogen) atoms. The summed E-state index contributed by atoms with van der Waals surface area (Å²) in [6, 6.07) is -0.111. The molecular formula is C16H20F3N7O3S. The topological polar surface area (TPSA) is 110 Å². The fourth-order valence-corrected chi connectivity index (χ4v) is 4.22. The highest BCUT2D eigenvalue weighted by molar-refractivity contribution is 7.76. The second-order valence-electron chi connectivity index (χ2n) is 7.04. The van der Waals surface area contributed by atoms with Crippen molar-refractivity contribution in [2.24, 2.45) is 0 Å². The van der Waals surface area contributed by atoms with Crippen molar-refractivity contribution in [2.75, 3.05) is 24.6 Å². The molecule has 2 aliphatic rings. The molecule has 10 nitrogen and oxygen atoms in total. The third kappa shape index (κ3) is 4.61. The Labute approximate surface area is 172 Å². The lowest BCUT2D eigenvalue weighted by Crippen LogP contribution is -2.35. The van der Waals surface area contributed by atoms with Crippen LogP contribution in [0.25, 0.3) is 0 Å². The lowest BCUT2D eigenvalue weighted by molar-refractivity contribution is -0.138. The van der Waals surface area contributed by atoms with Gasteiger partial charge in [-0.05, 0) is 12.8 Å². The molecule has 2 aromatic heterocycles. The smallest absolute Gasteiger partial charge is 0.372 e. The van der Waals surface area contributed by atoms with Crippen LogP contribution in [0, 0.1) is 0 Å². The molecule has 1 saturated heterocycles. The molecule has 0 aliphatic carbocycles. The van der Waals surface area contributed by atoms with E-state index in [2.05, 4.69) is 20.1 Å². The van der Waals surface area contributed by atoms with Gasteiger partial charge in [0, 0.05) is 31.5 Å². The van der Waals surface area contributed by atoms with Crippen molar-refractivity contribution < 1.29 is 26.7 Å². The van der Waals surface area contributed by atoms with Gasteiger partial charge in [0.2, 0.25) is 17.2 Å². The van der Waals surface area contributed by atoms with Crippen LogP contribution in [-0.4, -0.2) is 63.5 Å². The van der Waals surface area contributed by atoms with Crippen LogP contribution < -0.4 is 4.90 Å². The van der Waals surface area contributed by atoms with Crippen LogP contribution in [0.1, 0.15) is 30.1 Å². The van der Waals surface area contributed by atoms with Crippen molar-refractivity contribution in [3.63, 3.8) is 0 Å². The fraction of sp³-hybridized carbons (Fsp3) is 0.625. The molecule has 1 N–H and O–H groups in total. The van der Waals surface area contributed by atoms with Gasteiger partial charge in [-0.2, -0.15) is 22.6 Å². The summed E-state index contributed by atoms with van der Waals surface area (Å²) in [5.41, 5.74) is -0.892. The van der Waals surface area contributed by atoms with Crippen LogP contribution in [0.2, 0.25) is 0 Å². The maximum Gasteiger partial charge on any atom is 0.419 e. The maximum atomic E-state index is 12.7. The van der Waals surface area contributed by atoms with Gasteiger partial charge in [-0.15, -0.1) is 0 Å². The molecule has 4 heterocycles. The first-order chi connectivity index (χ1) is 14.3. The Bertz CT molecular complexity index is 908. The molecule has 1 unspecified atom stereocenters. The number of rotatable bonds is 6. The first-order valence-corrected chi connectivity index (χ1v) is 10.4. The molecule has 0 aromatic carbocycles. The molecule has 2 aliphatic heterocycles. The first kappa shape index (κ1) is 21.1. The molecule has 0 bridgehead atoms. The highest BCUT2D eigenvalue weighted by Gasteiger charge is 2.32. The zero-order valence-corrected chi connectivity index (χ0v) is 16.6. The first-order valence-electron chi connectivity index (χ1n) is 9.33. The Kier molecular flexibility index (Phi) is 5.99. The summed E-state index contributed by atoms with van der Waals surface area (Å²) >= 11 is -2.00. The molecule has 164 valence electrons. The standard InChI is InChI=1S/C16H20F3N7O3S/c17-16(18,19)11-6-20-15(21-7-11)24-4-5-25-14(8-24)22-13(23-25)10-29-9-12-2-1-3-26(12)30(27)28/h6-7,12H,1-5,8-10H2,(H,27,28)/t12-/m0/s1. The summed E-state index contributed by atoms with van der Waals surface area (Å²) in [6.45, 7) is 2.34. The second-order valence-corrected chi connectivity index (χ2v) is 7.97. The zero-order valence-electron chi connectivity index (χ0n) is 15.8. The number of fused-ring (bicyclic) bond motifs is 1. The molecule has 2 aromatic rings. The minimum atomic E-state index is -4.47. The Balaban J connectivity index is 1.34. The monoisotopic (exact) mass is 447 g/mol. The highest BCUT2D eigenvalue weighted by Crippen LogP contribution is 2.28. The largest absolute Gasteiger partial charge is 0.419 e. The molecule has 0 radical (unpaired) electrons. The van der Waals surface area contributed by atoms with E-state index in [4.69, 9.17) is 4.74 Å². The van der Waals surface area contributed by atoms with Gasteiger partial charge in [0.05, 0.1) is 25.3 Å². The quantitative estimate of drug-likeness (QED) is 0.659. The van der Waals surface area contributed by atoms with Crippen LogP contribution in [0.4, 0.5) is 19.1 Å². The molecule has 0 amide bonds. The molecular weight excluding hydrogens is 427 g/mol. The van der Waals surface area contributed by atoms with Gasteiger partial charge in [0.25, 0.3) is 0 Å². The van der Waals surface area contributed by atoms with E-state index in [0.29, 0.717) is 44.4 Å². The number of halogens is 3. The van der Waals surface area contributed by atoms with Gasteiger partial charge in [-0.25, -0.2) is 23.8 Å². The summed E-state index contributed by atoms with van der Waals surface area (Å²) in [4.78, 5) is 13.8. The molecule has 1 fully saturated rings. The van der Waals surface area contributed by atoms with Gasteiger partial charge < -0.3 is 9.64 Å². The fourth-order valence-electron chi connectivity index (χ4n) is 3.52. The number of alkyl halides is 3. The van der Waals surface area contributed by atoms with E-state index in [1.807, 2.05) is 0 Å². The summed E-state index contributed by atoms with van der Waals surface area (Å²) in [7, 11) is 0. The minimum absolute atomic E-state index is 0.111. The van der Waals surface area contributed by atoms with Crippen molar-refractivity contribution in [2.45, 2.75) is 44.8 Å². The Morgan fingerprint density at radius 3 is 2.70 bits per heavy atom. The summed E-state index contributed by atoms with van der Waals surface area (Å²) in [5, 5.41) is 4.38. The van der Waals surface area contributed by atoms with Crippen molar-refractivity contribution in [3.05, 3.63) is 29.6 Å². The number of hydrogen-bond donors (Lipinski definition) is 1. The van der Waals surface area contributed by atoms with E-state index in [0.717, 1.165) is 25.2 Å². The molecule has 0 saturated carbocycles. The summed E-state index contributed by atoms with van der Waals surface area (Å²) in [6.07, 6.45) is -1.29. The average Bonchev–Trinajstić information content (AvgIpc) is 3.33. The molecule has 0 spiro atoms. The van der Waals surface area contributed by atoms with Gasteiger partial charge >= 0.3 is 6.18 Å². The third-order valence-electron chi connectivity index (χ3n) is 5.02. The maximum absolute atomic E-state index is 12.7. The number of aromatic nitrogens is 5. The van der Waals surface area contributed by atoms with Gasteiger partial charge in [0.1, 0.15) is 12.4 Å². The van der Waals surface area contributed by atoms with E-state index in [-0.39, 0.29) is 18.6 Å². The zero-order chi connectivity index (χ0) is 21.3. The Morgan fingerprint density at radius 1 is 1.23 bits per heavy atom. The Morgan fingerprint density at radius 2 is 2.00 bits per heavy atom. The van der Waals surface area contributed by atoms with E-state index >= 15 is 0 Å². The van der Waals surface area contributed by atoms with Crippen molar-refractivity contribution in [1.82, 2.24) is 29.0 Å². The lowest BCUT2D eigenvalue weighted by atomic mass is 10.2. The lowest BCUT2D eigenvalue weighted by Gasteiger charge is -2.26. The van der Waals surface area contributed by atoms with Crippen LogP contribution >= 0.6 is 0 Å². The van der Waals surface area contributed by atoms with Crippen LogP contribution in [0.15, 0.2) is 12.4 Å². The van der Waals surface area contributed by atoms with Crippen molar-refractivity contribution >= 4 is 17.2 Å². The minimum Gasteiger partial charge on any atom is -0.372 e. The molecule has 4 rings (SSSR count). The average molecular weight is 447 g/mol. The van der Waals surface area contributed by atoms with Crippen LogP contribution in [-0.2, 0) is 41.9 Å². The van der Waals surface area contributed by atoms with Crippen molar-refractivity contribution in [3.8, 4) is 0 Å². The summed E-state index contributed by atoms with van der Waals surface area (Å²) in [5.74, 6) is 1.32. The van der Waals surface area contributed by atoms with E-state index < -0.39 is 23.0 Å².